The van der Waals surface area contributed by atoms with Crippen LogP contribution in [0.3, 0.4) is 0 Å². The molecule has 1 fully saturated rings. The minimum Gasteiger partial charge on any atom is -0.492 e. The maximum atomic E-state index is 5.89. The molecule has 1 aromatic rings. The number of nitrogens with two attached hydrogens (primary N) is 1. The van der Waals surface area contributed by atoms with Gasteiger partial charge in [0, 0.05) is 39.4 Å². The van der Waals surface area contributed by atoms with Gasteiger partial charge in [-0.2, -0.15) is 0 Å². The second-order valence-corrected chi connectivity index (χ2v) is 6.13. The zero-order chi connectivity index (χ0) is 18.5. The van der Waals surface area contributed by atoms with E-state index in [1.807, 2.05) is 31.2 Å². The Hall–Kier alpha value is -1.10. The highest BCUT2D eigenvalue weighted by atomic mass is 127. The Morgan fingerprint density at radius 3 is 2.89 bits per heavy atom. The number of hydrogen-bond acceptors (Lipinski definition) is 5. The van der Waals surface area contributed by atoms with Crippen LogP contribution < -0.4 is 15.8 Å². The van der Waals surface area contributed by atoms with Crippen molar-refractivity contribution in [1.82, 2.24) is 10.2 Å². The van der Waals surface area contributed by atoms with Gasteiger partial charge in [0.15, 0.2) is 5.96 Å². The Labute approximate surface area is 179 Å². The van der Waals surface area contributed by atoms with Crippen molar-refractivity contribution < 1.29 is 14.2 Å². The SMILES string of the molecule is CCOCCCNC(N)=NCc1cccc(OCCN2CCOCC2)c1.I. The van der Waals surface area contributed by atoms with Crippen LogP contribution in [0.15, 0.2) is 29.3 Å². The van der Waals surface area contributed by atoms with E-state index in [2.05, 4.69) is 15.2 Å². The third-order valence-corrected chi connectivity index (χ3v) is 4.09. The summed E-state index contributed by atoms with van der Waals surface area (Å²) < 4.78 is 16.5. The Morgan fingerprint density at radius 2 is 2.11 bits per heavy atom. The molecule has 0 atom stereocenters. The fourth-order valence-corrected chi connectivity index (χ4v) is 2.62. The van der Waals surface area contributed by atoms with Crippen LogP contribution in [-0.4, -0.2) is 70.1 Å². The van der Waals surface area contributed by atoms with Gasteiger partial charge in [0.25, 0.3) is 0 Å². The highest BCUT2D eigenvalue weighted by molar-refractivity contribution is 14.0. The molecule has 1 aromatic carbocycles. The minimum atomic E-state index is 0. The van der Waals surface area contributed by atoms with E-state index >= 15 is 0 Å². The average Bonchev–Trinajstić information content (AvgIpc) is 2.67. The number of halogens is 1. The number of benzene rings is 1. The lowest BCUT2D eigenvalue weighted by molar-refractivity contribution is 0.0322. The molecule has 0 aliphatic carbocycles. The number of ether oxygens (including phenoxy) is 3. The van der Waals surface area contributed by atoms with E-state index in [4.69, 9.17) is 19.9 Å². The van der Waals surface area contributed by atoms with Gasteiger partial charge in [-0.05, 0) is 31.0 Å². The van der Waals surface area contributed by atoms with Crippen LogP contribution >= 0.6 is 24.0 Å². The molecule has 0 bridgehead atoms. The summed E-state index contributed by atoms with van der Waals surface area (Å²) in [5, 5.41) is 3.10. The van der Waals surface area contributed by atoms with E-state index in [-0.39, 0.29) is 24.0 Å². The van der Waals surface area contributed by atoms with Gasteiger partial charge in [0.2, 0.25) is 0 Å². The van der Waals surface area contributed by atoms with Gasteiger partial charge in [0.1, 0.15) is 12.4 Å². The predicted molar refractivity (Wildman–Crippen MR) is 119 cm³/mol. The fraction of sp³-hybridized carbons (Fsp3) is 0.632. The second kappa shape index (κ2) is 14.9. The van der Waals surface area contributed by atoms with Crippen molar-refractivity contribution in [2.24, 2.45) is 10.7 Å². The van der Waals surface area contributed by atoms with Crippen LogP contribution in [0.4, 0.5) is 0 Å². The molecule has 1 saturated heterocycles. The van der Waals surface area contributed by atoms with Crippen molar-refractivity contribution in [2.45, 2.75) is 19.9 Å². The van der Waals surface area contributed by atoms with Gasteiger partial charge in [0.05, 0.1) is 19.8 Å². The number of aliphatic imine (C=N–C) groups is 1. The molecule has 3 N–H and O–H groups in total. The van der Waals surface area contributed by atoms with E-state index in [9.17, 15) is 0 Å². The molecule has 154 valence electrons. The smallest absolute Gasteiger partial charge is 0.188 e. The Morgan fingerprint density at radius 1 is 1.30 bits per heavy atom. The zero-order valence-corrected chi connectivity index (χ0v) is 18.5. The van der Waals surface area contributed by atoms with Crippen molar-refractivity contribution in [1.29, 1.82) is 0 Å². The summed E-state index contributed by atoms with van der Waals surface area (Å²) in [5.41, 5.74) is 6.97. The third-order valence-electron chi connectivity index (χ3n) is 4.09. The first-order chi connectivity index (χ1) is 12.8. The fourth-order valence-electron chi connectivity index (χ4n) is 2.62. The zero-order valence-electron chi connectivity index (χ0n) is 16.2. The number of nitrogens with one attached hydrogen (secondary N) is 1. The quantitative estimate of drug-likeness (QED) is 0.213. The standard InChI is InChI=1S/C19H32N4O3.HI/c1-2-24-11-4-7-21-19(20)22-16-17-5-3-6-18(15-17)26-14-10-23-8-12-25-13-9-23;/h3,5-6,15H,2,4,7-14,16H2,1H3,(H3,20,21,22);1H. The maximum Gasteiger partial charge on any atom is 0.188 e. The largest absolute Gasteiger partial charge is 0.492 e. The van der Waals surface area contributed by atoms with E-state index in [1.54, 1.807) is 0 Å². The van der Waals surface area contributed by atoms with Crippen molar-refractivity contribution in [3.8, 4) is 5.75 Å². The molecule has 7 nitrogen and oxygen atoms in total. The van der Waals surface area contributed by atoms with Crippen LogP contribution in [0.1, 0.15) is 18.9 Å². The van der Waals surface area contributed by atoms with Gasteiger partial charge < -0.3 is 25.3 Å². The Bertz CT molecular complexity index is 539. The van der Waals surface area contributed by atoms with Crippen molar-refractivity contribution >= 4 is 29.9 Å². The van der Waals surface area contributed by atoms with E-state index in [1.165, 1.54) is 0 Å². The number of hydrogen-bond donors (Lipinski definition) is 2. The molecule has 27 heavy (non-hydrogen) atoms. The molecule has 0 aromatic heterocycles. The molecule has 0 radical (unpaired) electrons. The Balaban J connectivity index is 0.00000364. The molecule has 2 rings (SSSR count). The first kappa shape index (κ1) is 23.9. The summed E-state index contributed by atoms with van der Waals surface area (Å²) in [7, 11) is 0. The molecule has 0 amide bonds. The predicted octanol–water partition coefficient (Wildman–Crippen LogP) is 1.85. The molecule has 0 unspecified atom stereocenters. The minimum absolute atomic E-state index is 0. The molecule has 8 heteroatoms. The van der Waals surface area contributed by atoms with Crippen LogP contribution in [0.5, 0.6) is 5.75 Å². The monoisotopic (exact) mass is 492 g/mol. The average molecular weight is 492 g/mol. The first-order valence-corrected chi connectivity index (χ1v) is 9.41. The molecule has 0 saturated carbocycles. The number of rotatable bonds is 11. The lowest BCUT2D eigenvalue weighted by Crippen LogP contribution is -2.38. The van der Waals surface area contributed by atoms with Crippen molar-refractivity contribution in [3.05, 3.63) is 29.8 Å². The van der Waals surface area contributed by atoms with Crippen molar-refractivity contribution in [2.75, 3.05) is 59.2 Å². The van der Waals surface area contributed by atoms with Crippen LogP contribution in [0, 0.1) is 0 Å². The molecule has 1 heterocycles. The van der Waals surface area contributed by atoms with Crippen LogP contribution in [0.2, 0.25) is 0 Å². The van der Waals surface area contributed by atoms with Gasteiger partial charge in [-0.1, -0.05) is 12.1 Å². The summed E-state index contributed by atoms with van der Waals surface area (Å²) in [6.45, 7) is 9.96. The summed E-state index contributed by atoms with van der Waals surface area (Å²) in [5.74, 6) is 1.33. The van der Waals surface area contributed by atoms with Crippen molar-refractivity contribution in [3.63, 3.8) is 0 Å². The first-order valence-electron chi connectivity index (χ1n) is 9.41. The van der Waals surface area contributed by atoms with Gasteiger partial charge in [-0.15, -0.1) is 24.0 Å². The van der Waals surface area contributed by atoms with E-state index < -0.39 is 0 Å². The highest BCUT2D eigenvalue weighted by Gasteiger charge is 2.09. The highest BCUT2D eigenvalue weighted by Crippen LogP contribution is 2.14. The van der Waals surface area contributed by atoms with Gasteiger partial charge in [-0.25, -0.2) is 4.99 Å². The summed E-state index contributed by atoms with van der Waals surface area (Å²) in [4.78, 5) is 6.73. The van der Waals surface area contributed by atoms with E-state index in [0.29, 0.717) is 19.1 Å². The number of guanidine groups is 1. The van der Waals surface area contributed by atoms with Gasteiger partial charge in [-0.3, -0.25) is 4.90 Å². The molecular formula is C19H33IN4O3. The van der Waals surface area contributed by atoms with Crippen LogP contribution in [-0.2, 0) is 16.0 Å². The van der Waals surface area contributed by atoms with Crippen LogP contribution in [0.25, 0.3) is 0 Å². The third kappa shape index (κ3) is 10.7. The lowest BCUT2D eigenvalue weighted by atomic mass is 10.2. The Kier molecular flexibility index (Phi) is 13.2. The summed E-state index contributed by atoms with van der Waals surface area (Å²) >= 11 is 0. The van der Waals surface area contributed by atoms with Gasteiger partial charge >= 0.3 is 0 Å². The molecule has 1 aliphatic rings. The topological polar surface area (TPSA) is 81.3 Å². The molecule has 1 aliphatic heterocycles. The second-order valence-electron chi connectivity index (χ2n) is 6.13. The summed E-state index contributed by atoms with van der Waals surface area (Å²) in [6, 6.07) is 8.01. The number of nitrogens with zero attached hydrogens (tertiary/aromatic N) is 2. The maximum absolute atomic E-state index is 5.89. The van der Waals surface area contributed by atoms with E-state index in [0.717, 1.165) is 70.3 Å². The lowest BCUT2D eigenvalue weighted by Gasteiger charge is -2.26. The normalized spacial score (nSPS) is 15.2. The molecular weight excluding hydrogens is 459 g/mol. The summed E-state index contributed by atoms with van der Waals surface area (Å²) in [6.07, 6.45) is 0.913. The number of morpholine rings is 1. The molecule has 0 spiro atoms.